The molecule has 0 radical (unpaired) electrons. The van der Waals surface area contributed by atoms with Gasteiger partial charge in [0.05, 0.1) is 5.75 Å². The van der Waals surface area contributed by atoms with E-state index in [4.69, 9.17) is 11.6 Å². The molecule has 0 spiro atoms. The van der Waals surface area contributed by atoms with Gasteiger partial charge in [-0.2, -0.15) is 0 Å². The monoisotopic (exact) mass is 298 g/mol. The Balaban J connectivity index is 2.04. The van der Waals surface area contributed by atoms with Crippen molar-refractivity contribution in [2.75, 3.05) is 32.9 Å². The average Bonchev–Trinajstić information content (AvgIpc) is 2.71. The molecule has 104 valence electrons. The molecule has 3 nitrogen and oxygen atoms in total. The maximum absolute atomic E-state index is 12.0. The zero-order valence-electron chi connectivity index (χ0n) is 11.3. The van der Waals surface area contributed by atoms with Crippen LogP contribution in [0.3, 0.4) is 0 Å². The number of nitrogens with zero attached hydrogens (tertiary/aromatic N) is 2. The first-order valence-corrected chi connectivity index (χ1v) is 7.82. The third kappa shape index (κ3) is 3.88. The highest BCUT2D eigenvalue weighted by atomic mass is 35.5. The fourth-order valence-corrected chi connectivity index (χ4v) is 3.60. The molecule has 1 fully saturated rings. The summed E-state index contributed by atoms with van der Waals surface area (Å²) in [5, 5.41) is 0.846. The molecule has 5 heteroatoms. The lowest BCUT2D eigenvalue weighted by Crippen LogP contribution is -2.31. The number of amides is 1. The Morgan fingerprint density at radius 2 is 2.26 bits per heavy atom. The lowest BCUT2D eigenvalue weighted by Gasteiger charge is -2.25. The summed E-state index contributed by atoms with van der Waals surface area (Å²) in [6, 6.07) is 7.81. The van der Waals surface area contributed by atoms with E-state index in [9.17, 15) is 4.79 Å². The lowest BCUT2D eigenvalue weighted by atomic mass is 10.2. The molecule has 1 saturated heterocycles. The molecule has 1 aliphatic rings. The fraction of sp³-hybridized carbons (Fsp3) is 0.500. The number of carbonyl (C=O) groups is 1. The Kier molecular flexibility index (Phi) is 5.13. The average molecular weight is 299 g/mol. The van der Waals surface area contributed by atoms with Gasteiger partial charge in [0, 0.05) is 11.6 Å². The van der Waals surface area contributed by atoms with Crippen molar-refractivity contribution in [1.82, 2.24) is 9.80 Å². The van der Waals surface area contributed by atoms with Crippen LogP contribution < -0.4 is 0 Å². The minimum atomic E-state index is 0.119. The first-order chi connectivity index (χ1) is 9.08. The largest absolute Gasteiger partial charge is 0.326 e. The number of hydrogen-bond donors (Lipinski definition) is 0. The molecule has 0 aromatic heterocycles. The van der Waals surface area contributed by atoms with E-state index in [1.165, 1.54) is 0 Å². The van der Waals surface area contributed by atoms with Crippen molar-refractivity contribution in [2.45, 2.75) is 11.8 Å². The van der Waals surface area contributed by atoms with E-state index in [0.29, 0.717) is 5.75 Å². The molecule has 19 heavy (non-hydrogen) atoms. The maximum atomic E-state index is 12.0. The highest BCUT2D eigenvalue weighted by Gasteiger charge is 2.32. The predicted octanol–water partition coefficient (Wildman–Crippen LogP) is 2.87. The molecule has 2 rings (SSSR count). The normalized spacial score (nSPS) is 19.5. The first-order valence-electron chi connectivity index (χ1n) is 6.39. The van der Waals surface area contributed by atoms with E-state index in [2.05, 4.69) is 19.0 Å². The van der Waals surface area contributed by atoms with Gasteiger partial charge in [-0.05, 0) is 44.8 Å². The molecule has 0 saturated carbocycles. The van der Waals surface area contributed by atoms with Crippen LogP contribution in [0.15, 0.2) is 24.3 Å². The smallest absolute Gasteiger partial charge is 0.233 e. The number of halogens is 1. The molecule has 1 amide bonds. The van der Waals surface area contributed by atoms with Gasteiger partial charge >= 0.3 is 0 Å². The summed E-state index contributed by atoms with van der Waals surface area (Å²) in [5.74, 6) is 0.799. The number of rotatable bonds is 5. The van der Waals surface area contributed by atoms with Gasteiger partial charge < -0.3 is 9.80 Å². The van der Waals surface area contributed by atoms with Gasteiger partial charge in [0.2, 0.25) is 5.91 Å². The van der Waals surface area contributed by atoms with Crippen molar-refractivity contribution in [1.29, 1.82) is 0 Å². The summed E-state index contributed by atoms with van der Waals surface area (Å²) < 4.78 is 0. The third-order valence-corrected chi connectivity index (χ3v) is 4.60. The van der Waals surface area contributed by atoms with E-state index in [1.54, 1.807) is 11.8 Å². The molecule has 1 aromatic carbocycles. The molecule has 0 aliphatic carbocycles. The van der Waals surface area contributed by atoms with Crippen molar-refractivity contribution in [3.63, 3.8) is 0 Å². The quantitative estimate of drug-likeness (QED) is 0.835. The summed E-state index contributed by atoms with van der Waals surface area (Å²) >= 11 is 7.72. The van der Waals surface area contributed by atoms with E-state index in [-0.39, 0.29) is 11.3 Å². The van der Waals surface area contributed by atoms with Crippen LogP contribution in [0.5, 0.6) is 0 Å². The van der Waals surface area contributed by atoms with Crippen LogP contribution in [0.4, 0.5) is 0 Å². The maximum Gasteiger partial charge on any atom is 0.233 e. The summed E-state index contributed by atoms with van der Waals surface area (Å²) in [7, 11) is 4.10. The molecular formula is C14H19ClN2OS. The Hall–Kier alpha value is -0.710. The SMILES string of the molecule is CN(C)CCCN1C(=O)CSC1c1cccc(Cl)c1. The molecule has 0 N–H and O–H groups in total. The van der Waals surface area contributed by atoms with E-state index >= 15 is 0 Å². The molecule has 1 aromatic rings. The van der Waals surface area contributed by atoms with Gasteiger partial charge in [-0.1, -0.05) is 23.7 Å². The fourth-order valence-electron chi connectivity index (χ4n) is 2.19. The zero-order chi connectivity index (χ0) is 13.8. The number of benzene rings is 1. The van der Waals surface area contributed by atoms with E-state index in [0.717, 1.165) is 30.1 Å². The lowest BCUT2D eigenvalue weighted by molar-refractivity contribution is -0.128. The Morgan fingerprint density at radius 3 is 2.95 bits per heavy atom. The second-order valence-electron chi connectivity index (χ2n) is 4.96. The second-order valence-corrected chi connectivity index (χ2v) is 6.47. The van der Waals surface area contributed by atoms with Gasteiger partial charge in [0.15, 0.2) is 0 Å². The molecule has 1 unspecified atom stereocenters. The highest BCUT2D eigenvalue weighted by molar-refractivity contribution is 8.00. The first kappa shape index (κ1) is 14.7. The Labute approximate surface area is 123 Å². The van der Waals surface area contributed by atoms with Gasteiger partial charge in [0.1, 0.15) is 5.37 Å². The van der Waals surface area contributed by atoms with Crippen LogP contribution >= 0.6 is 23.4 Å². The summed E-state index contributed by atoms with van der Waals surface area (Å²) in [6.45, 7) is 1.80. The molecule has 1 atom stereocenters. The molecule has 0 bridgehead atoms. The highest BCUT2D eigenvalue weighted by Crippen LogP contribution is 2.39. The van der Waals surface area contributed by atoms with Crippen molar-refractivity contribution in [3.8, 4) is 0 Å². The van der Waals surface area contributed by atoms with E-state index in [1.807, 2.05) is 29.2 Å². The van der Waals surface area contributed by atoms with Crippen molar-refractivity contribution >= 4 is 29.3 Å². The summed E-state index contributed by atoms with van der Waals surface area (Å²) in [4.78, 5) is 16.1. The molecular weight excluding hydrogens is 280 g/mol. The predicted molar refractivity (Wildman–Crippen MR) is 81.5 cm³/mol. The third-order valence-electron chi connectivity index (χ3n) is 3.11. The van der Waals surface area contributed by atoms with Gasteiger partial charge in [-0.3, -0.25) is 4.79 Å². The van der Waals surface area contributed by atoms with Crippen LogP contribution in [0.2, 0.25) is 5.02 Å². The van der Waals surface area contributed by atoms with Crippen LogP contribution in [0, 0.1) is 0 Å². The second kappa shape index (κ2) is 6.64. The van der Waals surface area contributed by atoms with Gasteiger partial charge in [-0.25, -0.2) is 0 Å². The van der Waals surface area contributed by atoms with Crippen LogP contribution in [0.1, 0.15) is 17.4 Å². The minimum absolute atomic E-state index is 0.119. The standard InChI is InChI=1S/C14H19ClN2OS/c1-16(2)7-4-8-17-13(18)10-19-14(17)11-5-3-6-12(15)9-11/h3,5-6,9,14H,4,7-8,10H2,1-2H3. The minimum Gasteiger partial charge on any atom is -0.326 e. The zero-order valence-corrected chi connectivity index (χ0v) is 12.9. The van der Waals surface area contributed by atoms with Crippen LogP contribution in [-0.2, 0) is 4.79 Å². The number of thioether (sulfide) groups is 1. The van der Waals surface area contributed by atoms with Crippen molar-refractivity contribution < 1.29 is 4.79 Å². The Bertz CT molecular complexity index is 453. The van der Waals surface area contributed by atoms with Gasteiger partial charge in [-0.15, -0.1) is 11.8 Å². The van der Waals surface area contributed by atoms with E-state index < -0.39 is 0 Å². The van der Waals surface area contributed by atoms with Crippen molar-refractivity contribution in [2.24, 2.45) is 0 Å². The number of carbonyl (C=O) groups excluding carboxylic acids is 1. The number of hydrogen-bond acceptors (Lipinski definition) is 3. The molecule has 1 heterocycles. The topological polar surface area (TPSA) is 23.6 Å². The summed E-state index contributed by atoms with van der Waals surface area (Å²) in [6.07, 6.45) is 0.996. The van der Waals surface area contributed by atoms with Crippen LogP contribution in [0.25, 0.3) is 0 Å². The van der Waals surface area contributed by atoms with Crippen LogP contribution in [-0.4, -0.2) is 48.6 Å². The molecule has 1 aliphatic heterocycles. The van der Waals surface area contributed by atoms with Crippen molar-refractivity contribution in [3.05, 3.63) is 34.9 Å². The Morgan fingerprint density at radius 1 is 1.47 bits per heavy atom. The van der Waals surface area contributed by atoms with Gasteiger partial charge in [0.25, 0.3) is 0 Å². The summed E-state index contributed by atoms with van der Waals surface area (Å²) in [5.41, 5.74) is 1.12.